The minimum Gasteiger partial charge on any atom is -0.350 e. The molecule has 19 heavy (non-hydrogen) atoms. The van der Waals surface area contributed by atoms with Gasteiger partial charge in [-0.25, -0.2) is 0 Å². The van der Waals surface area contributed by atoms with E-state index in [1.54, 1.807) is 0 Å². The largest absolute Gasteiger partial charge is 0.350 e. The maximum absolute atomic E-state index is 11.1. The van der Waals surface area contributed by atoms with Crippen LogP contribution in [0.3, 0.4) is 0 Å². The Balaban J connectivity index is 2.23. The van der Waals surface area contributed by atoms with E-state index in [-0.39, 0.29) is 0 Å². The normalized spacial score (nSPS) is 10.8. The molecule has 1 heterocycles. The van der Waals surface area contributed by atoms with Crippen molar-refractivity contribution in [2.45, 2.75) is 6.92 Å². The molecule has 0 aliphatic rings. The highest BCUT2D eigenvalue weighted by molar-refractivity contribution is 5.99. The van der Waals surface area contributed by atoms with Crippen LogP contribution in [0.15, 0.2) is 48.7 Å². The predicted octanol–water partition coefficient (Wildman–Crippen LogP) is 3.97. The Morgan fingerprint density at radius 1 is 1.05 bits per heavy atom. The Morgan fingerprint density at radius 2 is 1.84 bits per heavy atom. The first-order valence-corrected chi connectivity index (χ1v) is 6.30. The molecule has 3 rings (SSSR count). The number of carbonyl (C=O) groups excluding carboxylic acids is 1. The molecule has 0 saturated heterocycles. The molecule has 0 saturated carbocycles. The van der Waals surface area contributed by atoms with Crippen molar-refractivity contribution < 1.29 is 4.79 Å². The second kappa shape index (κ2) is 4.39. The molecule has 2 heteroatoms. The summed E-state index contributed by atoms with van der Waals surface area (Å²) in [4.78, 5) is 11.1. The third-order valence-corrected chi connectivity index (χ3v) is 3.50. The molecule has 2 nitrogen and oxygen atoms in total. The van der Waals surface area contributed by atoms with Gasteiger partial charge in [0.15, 0.2) is 6.29 Å². The smallest absolute Gasteiger partial charge is 0.152 e. The zero-order valence-corrected chi connectivity index (χ0v) is 11.1. The van der Waals surface area contributed by atoms with E-state index in [0.29, 0.717) is 0 Å². The van der Waals surface area contributed by atoms with Crippen molar-refractivity contribution >= 4 is 17.2 Å². The number of carbonyl (C=O) groups is 1. The summed E-state index contributed by atoms with van der Waals surface area (Å²) in [5.41, 5.74) is 5.39. The van der Waals surface area contributed by atoms with Crippen LogP contribution in [0.2, 0.25) is 0 Å². The van der Waals surface area contributed by atoms with E-state index >= 15 is 0 Å². The van der Waals surface area contributed by atoms with Crippen LogP contribution in [0.25, 0.3) is 22.0 Å². The summed E-state index contributed by atoms with van der Waals surface area (Å²) in [6.07, 6.45) is 2.79. The van der Waals surface area contributed by atoms with E-state index in [9.17, 15) is 4.79 Å². The van der Waals surface area contributed by atoms with Crippen LogP contribution in [0.4, 0.5) is 0 Å². The third-order valence-electron chi connectivity index (χ3n) is 3.50. The van der Waals surface area contributed by atoms with Crippen molar-refractivity contribution in [3.63, 3.8) is 0 Å². The van der Waals surface area contributed by atoms with Crippen LogP contribution in [-0.2, 0) is 7.05 Å². The highest BCUT2D eigenvalue weighted by Gasteiger charge is 2.07. The highest BCUT2D eigenvalue weighted by atomic mass is 16.1. The van der Waals surface area contributed by atoms with Crippen LogP contribution in [0, 0.1) is 6.92 Å². The Kier molecular flexibility index (Phi) is 2.71. The molecule has 0 spiro atoms. The average molecular weight is 249 g/mol. The summed E-state index contributed by atoms with van der Waals surface area (Å²) in [5.74, 6) is 0. The van der Waals surface area contributed by atoms with E-state index in [0.717, 1.165) is 28.3 Å². The fraction of sp³-hybridized carbons (Fsp3) is 0.118. The summed E-state index contributed by atoms with van der Waals surface area (Å²) >= 11 is 0. The number of hydrogen-bond donors (Lipinski definition) is 0. The minimum atomic E-state index is 0.743. The van der Waals surface area contributed by atoms with Crippen molar-refractivity contribution in [2.75, 3.05) is 0 Å². The van der Waals surface area contributed by atoms with E-state index in [1.807, 2.05) is 17.8 Å². The molecule has 0 fully saturated rings. The van der Waals surface area contributed by atoms with Gasteiger partial charge in [0.05, 0.1) is 0 Å². The first-order chi connectivity index (χ1) is 9.19. The lowest BCUT2D eigenvalue weighted by Gasteiger charge is -2.04. The van der Waals surface area contributed by atoms with Gasteiger partial charge in [-0.05, 0) is 30.2 Å². The average Bonchev–Trinajstić information content (AvgIpc) is 2.75. The molecule has 0 aliphatic carbocycles. The van der Waals surface area contributed by atoms with Gasteiger partial charge in [-0.3, -0.25) is 4.79 Å². The number of fused-ring (bicyclic) bond motifs is 1. The number of aldehydes is 1. The Hall–Kier alpha value is -2.35. The summed E-state index contributed by atoms with van der Waals surface area (Å²) in [5, 5.41) is 1.01. The Labute approximate surface area is 112 Å². The number of nitrogens with zero attached hydrogens (tertiary/aromatic N) is 1. The molecule has 0 amide bonds. The van der Waals surface area contributed by atoms with Crippen LogP contribution in [0.5, 0.6) is 0 Å². The van der Waals surface area contributed by atoms with E-state index < -0.39 is 0 Å². The van der Waals surface area contributed by atoms with Crippen molar-refractivity contribution in [3.05, 3.63) is 59.8 Å². The maximum atomic E-state index is 11.1. The summed E-state index contributed by atoms with van der Waals surface area (Å²) in [7, 11) is 1.96. The number of hydrogen-bond acceptors (Lipinski definition) is 1. The van der Waals surface area contributed by atoms with Gasteiger partial charge in [0.25, 0.3) is 0 Å². The molecule has 0 unspecified atom stereocenters. The van der Waals surface area contributed by atoms with Crippen molar-refractivity contribution in [3.8, 4) is 11.1 Å². The van der Waals surface area contributed by atoms with Gasteiger partial charge in [-0.2, -0.15) is 0 Å². The fourth-order valence-electron chi connectivity index (χ4n) is 2.52. The van der Waals surface area contributed by atoms with E-state index in [2.05, 4.69) is 49.4 Å². The van der Waals surface area contributed by atoms with Gasteiger partial charge in [-0.1, -0.05) is 35.9 Å². The number of aryl methyl sites for hydroxylation is 2. The molecule has 0 radical (unpaired) electrons. The van der Waals surface area contributed by atoms with Gasteiger partial charge in [0, 0.05) is 29.7 Å². The summed E-state index contributed by atoms with van der Waals surface area (Å²) in [6.45, 7) is 2.08. The zero-order valence-electron chi connectivity index (χ0n) is 11.1. The standard InChI is InChI=1S/C17H15NO/c1-12-4-3-5-13(8-12)14-6-7-17-16(9-14)15(11-19)10-18(17)2/h3-11H,1-2H3. The minimum absolute atomic E-state index is 0.743. The van der Waals surface area contributed by atoms with Crippen LogP contribution in [-0.4, -0.2) is 10.9 Å². The lowest BCUT2D eigenvalue weighted by Crippen LogP contribution is -1.84. The first-order valence-electron chi connectivity index (χ1n) is 6.30. The number of aromatic nitrogens is 1. The van der Waals surface area contributed by atoms with Crippen molar-refractivity contribution in [1.82, 2.24) is 4.57 Å². The van der Waals surface area contributed by atoms with Crippen LogP contribution >= 0.6 is 0 Å². The molecular formula is C17H15NO. The van der Waals surface area contributed by atoms with E-state index in [4.69, 9.17) is 0 Å². The Morgan fingerprint density at radius 3 is 2.58 bits per heavy atom. The predicted molar refractivity (Wildman–Crippen MR) is 78.5 cm³/mol. The highest BCUT2D eigenvalue weighted by Crippen LogP contribution is 2.27. The van der Waals surface area contributed by atoms with Gasteiger partial charge in [0.1, 0.15) is 0 Å². The van der Waals surface area contributed by atoms with E-state index in [1.165, 1.54) is 11.1 Å². The second-order valence-corrected chi connectivity index (χ2v) is 4.91. The van der Waals surface area contributed by atoms with Gasteiger partial charge < -0.3 is 4.57 Å². The van der Waals surface area contributed by atoms with Crippen LogP contribution in [0.1, 0.15) is 15.9 Å². The summed E-state index contributed by atoms with van der Waals surface area (Å²) < 4.78 is 1.99. The molecule has 3 aromatic rings. The zero-order chi connectivity index (χ0) is 13.4. The monoisotopic (exact) mass is 249 g/mol. The number of benzene rings is 2. The fourth-order valence-corrected chi connectivity index (χ4v) is 2.52. The second-order valence-electron chi connectivity index (χ2n) is 4.91. The van der Waals surface area contributed by atoms with Gasteiger partial charge in [0.2, 0.25) is 0 Å². The molecule has 2 aromatic carbocycles. The number of rotatable bonds is 2. The molecule has 0 N–H and O–H groups in total. The molecule has 0 bridgehead atoms. The first kappa shape index (κ1) is 11.7. The molecule has 0 aliphatic heterocycles. The van der Waals surface area contributed by atoms with Crippen LogP contribution < -0.4 is 0 Å². The topological polar surface area (TPSA) is 22.0 Å². The van der Waals surface area contributed by atoms with Gasteiger partial charge in [-0.15, -0.1) is 0 Å². The molecule has 1 aromatic heterocycles. The lowest BCUT2D eigenvalue weighted by molar-refractivity contribution is 0.112. The third kappa shape index (κ3) is 1.95. The van der Waals surface area contributed by atoms with Gasteiger partial charge >= 0.3 is 0 Å². The molecule has 0 atom stereocenters. The lowest BCUT2D eigenvalue weighted by atomic mass is 10.0. The molecule has 94 valence electrons. The Bertz CT molecular complexity index is 768. The van der Waals surface area contributed by atoms with Crippen molar-refractivity contribution in [2.24, 2.45) is 7.05 Å². The van der Waals surface area contributed by atoms with Crippen molar-refractivity contribution in [1.29, 1.82) is 0 Å². The maximum Gasteiger partial charge on any atom is 0.152 e. The quantitative estimate of drug-likeness (QED) is 0.630. The SMILES string of the molecule is Cc1cccc(-c2ccc3c(c2)c(C=O)cn3C)c1. The summed E-state index contributed by atoms with van der Waals surface area (Å²) in [6, 6.07) is 14.7. The molecular weight excluding hydrogens is 234 g/mol.